The molecule has 162 valence electrons. The maximum Gasteiger partial charge on any atom is 0.265 e. The fraction of sp³-hybridized carbons (Fsp3) is 0.231. The standard InChI is InChI=1S/C26H25N3O3/c30-25(24-16-18-7-4-5-12-23(18)32-24)28-21-11-6-8-19(15-21)26(31)29-14-13-22(17-29)27-20-9-2-1-3-10-20/h1-12,15,22,24,27H,13-14,16-17H2,(H,28,30). The number of carbonyl (C=O) groups excluding carboxylic acids is 2. The topological polar surface area (TPSA) is 70.7 Å². The Morgan fingerprint density at radius 2 is 1.69 bits per heavy atom. The summed E-state index contributed by atoms with van der Waals surface area (Å²) in [4.78, 5) is 27.6. The van der Waals surface area contributed by atoms with Crippen LogP contribution >= 0.6 is 0 Å². The van der Waals surface area contributed by atoms with Crippen molar-refractivity contribution in [2.24, 2.45) is 0 Å². The molecule has 2 aliphatic heterocycles. The van der Waals surface area contributed by atoms with Crippen molar-refractivity contribution < 1.29 is 14.3 Å². The number of nitrogens with zero attached hydrogens (tertiary/aromatic N) is 1. The van der Waals surface area contributed by atoms with Gasteiger partial charge in [0.25, 0.3) is 11.8 Å². The van der Waals surface area contributed by atoms with Gasteiger partial charge in [-0.1, -0.05) is 42.5 Å². The van der Waals surface area contributed by atoms with Crippen molar-refractivity contribution in [2.75, 3.05) is 23.7 Å². The lowest BCUT2D eigenvalue weighted by molar-refractivity contribution is -0.122. The first-order chi connectivity index (χ1) is 15.7. The predicted molar refractivity (Wildman–Crippen MR) is 124 cm³/mol. The predicted octanol–water partition coefficient (Wildman–Crippen LogP) is 3.96. The minimum Gasteiger partial charge on any atom is -0.480 e. The van der Waals surface area contributed by atoms with Crippen LogP contribution in [0.1, 0.15) is 22.3 Å². The molecular formula is C26H25N3O3. The lowest BCUT2D eigenvalue weighted by Gasteiger charge is -2.18. The van der Waals surface area contributed by atoms with Crippen LogP contribution in [0, 0.1) is 0 Å². The van der Waals surface area contributed by atoms with E-state index < -0.39 is 6.10 Å². The molecule has 5 rings (SSSR count). The van der Waals surface area contributed by atoms with Crippen LogP contribution in [0.2, 0.25) is 0 Å². The summed E-state index contributed by atoms with van der Waals surface area (Å²) < 4.78 is 5.77. The Bertz CT molecular complexity index is 1110. The van der Waals surface area contributed by atoms with E-state index in [1.807, 2.05) is 59.5 Å². The average Bonchev–Trinajstić information content (AvgIpc) is 3.47. The van der Waals surface area contributed by atoms with Crippen molar-refractivity contribution in [1.82, 2.24) is 4.90 Å². The first kappa shape index (κ1) is 20.1. The Kier molecular flexibility index (Phi) is 5.50. The van der Waals surface area contributed by atoms with E-state index in [-0.39, 0.29) is 17.9 Å². The molecule has 3 aromatic carbocycles. The third kappa shape index (κ3) is 4.30. The number of fused-ring (bicyclic) bond motifs is 1. The molecule has 0 spiro atoms. The summed E-state index contributed by atoms with van der Waals surface area (Å²) in [6, 6.07) is 25.1. The van der Waals surface area contributed by atoms with Crippen molar-refractivity contribution in [3.05, 3.63) is 90.0 Å². The van der Waals surface area contributed by atoms with Crippen LogP contribution in [0.4, 0.5) is 11.4 Å². The molecule has 1 saturated heterocycles. The minimum absolute atomic E-state index is 0.0250. The number of carbonyl (C=O) groups is 2. The summed E-state index contributed by atoms with van der Waals surface area (Å²) in [5, 5.41) is 6.39. The largest absolute Gasteiger partial charge is 0.480 e. The van der Waals surface area contributed by atoms with Crippen LogP contribution in [0.15, 0.2) is 78.9 Å². The van der Waals surface area contributed by atoms with Gasteiger partial charge in [0, 0.05) is 42.5 Å². The highest BCUT2D eigenvalue weighted by molar-refractivity contribution is 5.98. The Hall–Kier alpha value is -3.80. The highest BCUT2D eigenvalue weighted by Crippen LogP contribution is 2.29. The smallest absolute Gasteiger partial charge is 0.265 e. The summed E-state index contributed by atoms with van der Waals surface area (Å²) in [5.74, 6) is 0.520. The molecule has 0 saturated carbocycles. The first-order valence-corrected chi connectivity index (χ1v) is 10.9. The van der Waals surface area contributed by atoms with Crippen LogP contribution in [0.3, 0.4) is 0 Å². The molecule has 3 aromatic rings. The van der Waals surface area contributed by atoms with Gasteiger partial charge in [0.2, 0.25) is 0 Å². The molecule has 2 amide bonds. The number of ether oxygens (including phenoxy) is 1. The highest BCUT2D eigenvalue weighted by Gasteiger charge is 2.30. The van der Waals surface area contributed by atoms with Crippen molar-refractivity contribution in [3.63, 3.8) is 0 Å². The van der Waals surface area contributed by atoms with Crippen LogP contribution in [0.25, 0.3) is 0 Å². The summed E-state index contributed by atoms with van der Waals surface area (Å²) in [5.41, 5.74) is 3.26. The normalized spacial score (nSPS) is 19.2. The zero-order valence-electron chi connectivity index (χ0n) is 17.7. The van der Waals surface area contributed by atoms with E-state index in [4.69, 9.17) is 4.74 Å². The number of hydrogen-bond donors (Lipinski definition) is 2. The number of anilines is 2. The van der Waals surface area contributed by atoms with Crippen LogP contribution < -0.4 is 15.4 Å². The van der Waals surface area contributed by atoms with E-state index in [0.717, 1.165) is 23.4 Å². The molecule has 32 heavy (non-hydrogen) atoms. The Morgan fingerprint density at radius 3 is 2.53 bits per heavy atom. The minimum atomic E-state index is -0.560. The van der Waals surface area contributed by atoms with Gasteiger partial charge in [-0.25, -0.2) is 0 Å². The SMILES string of the molecule is O=C(Nc1cccc(C(=O)N2CCC(Nc3ccccc3)C2)c1)C1Cc2ccccc2O1. The van der Waals surface area contributed by atoms with Crippen molar-refractivity contribution >= 4 is 23.2 Å². The molecule has 0 radical (unpaired) electrons. The van der Waals surface area contributed by atoms with Crippen molar-refractivity contribution in [1.29, 1.82) is 0 Å². The lowest BCUT2D eigenvalue weighted by atomic mass is 10.1. The zero-order valence-corrected chi connectivity index (χ0v) is 17.7. The Balaban J connectivity index is 1.20. The van der Waals surface area contributed by atoms with E-state index in [9.17, 15) is 9.59 Å². The molecule has 0 bridgehead atoms. The second-order valence-electron chi connectivity index (χ2n) is 8.24. The number of amides is 2. The summed E-state index contributed by atoms with van der Waals surface area (Å²) in [7, 11) is 0. The van der Waals surface area contributed by atoms with Crippen LogP contribution in [-0.2, 0) is 11.2 Å². The number of nitrogens with one attached hydrogen (secondary N) is 2. The summed E-state index contributed by atoms with van der Waals surface area (Å²) >= 11 is 0. The van der Waals surface area contributed by atoms with E-state index in [1.165, 1.54) is 0 Å². The second-order valence-corrected chi connectivity index (χ2v) is 8.24. The maximum atomic E-state index is 13.0. The molecular weight excluding hydrogens is 402 g/mol. The summed E-state index contributed by atoms with van der Waals surface area (Å²) in [6.07, 6.45) is 0.885. The Morgan fingerprint density at radius 1 is 0.906 bits per heavy atom. The van der Waals surface area contributed by atoms with E-state index in [1.54, 1.807) is 24.3 Å². The number of likely N-dealkylation sites (tertiary alicyclic amines) is 1. The molecule has 1 fully saturated rings. The summed E-state index contributed by atoms with van der Waals surface area (Å²) in [6.45, 7) is 1.35. The van der Waals surface area contributed by atoms with E-state index >= 15 is 0 Å². The Labute approximate surface area is 187 Å². The molecule has 0 aliphatic carbocycles. The van der Waals surface area contributed by atoms with Gasteiger partial charge in [0.05, 0.1) is 0 Å². The van der Waals surface area contributed by atoms with Gasteiger partial charge < -0.3 is 20.3 Å². The third-order valence-corrected chi connectivity index (χ3v) is 5.94. The quantitative estimate of drug-likeness (QED) is 0.647. The number of benzene rings is 3. The molecule has 6 nitrogen and oxygen atoms in total. The molecule has 2 N–H and O–H groups in total. The van der Waals surface area contributed by atoms with Gasteiger partial charge in [-0.05, 0) is 48.4 Å². The first-order valence-electron chi connectivity index (χ1n) is 10.9. The molecule has 2 unspecified atom stereocenters. The average molecular weight is 428 g/mol. The van der Waals surface area contributed by atoms with Crippen LogP contribution in [-0.4, -0.2) is 41.9 Å². The molecule has 0 aromatic heterocycles. The monoisotopic (exact) mass is 427 g/mol. The van der Waals surface area contributed by atoms with Gasteiger partial charge in [-0.15, -0.1) is 0 Å². The third-order valence-electron chi connectivity index (χ3n) is 5.94. The molecule has 2 atom stereocenters. The van der Waals surface area contributed by atoms with Crippen molar-refractivity contribution in [2.45, 2.75) is 25.0 Å². The molecule has 2 aliphatic rings. The molecule has 2 heterocycles. The zero-order chi connectivity index (χ0) is 21.9. The van der Waals surface area contributed by atoms with Gasteiger partial charge in [-0.2, -0.15) is 0 Å². The van der Waals surface area contributed by atoms with Crippen molar-refractivity contribution in [3.8, 4) is 5.75 Å². The second kappa shape index (κ2) is 8.75. The number of rotatable bonds is 5. The number of hydrogen-bond acceptors (Lipinski definition) is 4. The van der Waals surface area contributed by atoms with Gasteiger partial charge >= 0.3 is 0 Å². The van der Waals surface area contributed by atoms with Gasteiger partial charge in [0.1, 0.15) is 5.75 Å². The van der Waals surface area contributed by atoms with E-state index in [0.29, 0.717) is 30.8 Å². The van der Waals surface area contributed by atoms with Gasteiger partial charge in [-0.3, -0.25) is 9.59 Å². The highest BCUT2D eigenvalue weighted by atomic mass is 16.5. The lowest BCUT2D eigenvalue weighted by Crippen LogP contribution is -2.32. The molecule has 6 heteroatoms. The van der Waals surface area contributed by atoms with E-state index in [2.05, 4.69) is 10.6 Å². The van der Waals surface area contributed by atoms with Crippen LogP contribution in [0.5, 0.6) is 5.75 Å². The fourth-order valence-corrected chi connectivity index (χ4v) is 4.30. The maximum absolute atomic E-state index is 13.0. The fourth-order valence-electron chi connectivity index (χ4n) is 4.30. The number of para-hydroxylation sites is 2. The van der Waals surface area contributed by atoms with Gasteiger partial charge in [0.15, 0.2) is 6.10 Å².